The fourth-order valence-corrected chi connectivity index (χ4v) is 3.98. The summed E-state index contributed by atoms with van der Waals surface area (Å²) in [5.74, 6) is -0.914. The number of esters is 1. The van der Waals surface area contributed by atoms with Crippen LogP contribution in [0.1, 0.15) is 16.8 Å². The highest BCUT2D eigenvalue weighted by atomic mass is 127. The normalized spacial score (nSPS) is 17.9. The van der Waals surface area contributed by atoms with Crippen molar-refractivity contribution in [2.75, 3.05) is 19.5 Å². The Labute approximate surface area is 186 Å². The van der Waals surface area contributed by atoms with Crippen molar-refractivity contribution in [1.82, 2.24) is 4.90 Å². The molecule has 29 heavy (non-hydrogen) atoms. The van der Waals surface area contributed by atoms with Crippen LogP contribution in [0.2, 0.25) is 0 Å². The van der Waals surface area contributed by atoms with E-state index >= 15 is 0 Å². The van der Waals surface area contributed by atoms with Crippen molar-refractivity contribution in [3.05, 3.63) is 57.7 Å². The van der Waals surface area contributed by atoms with Crippen LogP contribution in [-0.2, 0) is 14.3 Å². The van der Waals surface area contributed by atoms with Crippen molar-refractivity contribution in [3.8, 4) is 0 Å². The molecule has 0 saturated carbocycles. The van der Waals surface area contributed by atoms with Gasteiger partial charge in [0.2, 0.25) is 11.8 Å². The molecule has 1 saturated heterocycles. The molecule has 3 rings (SSSR count). The number of benzene rings is 2. The lowest BCUT2D eigenvalue weighted by atomic mass is 10.2. The molecule has 1 heterocycles. The van der Waals surface area contributed by atoms with Gasteiger partial charge >= 0.3 is 5.97 Å². The molecule has 7 nitrogen and oxygen atoms in total. The molecule has 2 aromatic carbocycles. The van der Waals surface area contributed by atoms with Crippen molar-refractivity contribution in [3.63, 3.8) is 0 Å². The third-order valence-electron chi connectivity index (χ3n) is 4.19. The van der Waals surface area contributed by atoms with E-state index < -0.39 is 11.2 Å². The number of thioether (sulfide) groups is 1. The van der Waals surface area contributed by atoms with Gasteiger partial charge in [0.25, 0.3) is 0 Å². The van der Waals surface area contributed by atoms with Crippen molar-refractivity contribution in [2.24, 2.45) is 4.99 Å². The van der Waals surface area contributed by atoms with Crippen LogP contribution in [0.15, 0.2) is 53.5 Å². The standard InChI is InChI=1S/C20H18IN3O4S/c1-24-17(25)11-16(29-20(24)23-15-9-5-13(21)6-10-15)18(26)22-14-7-3-12(4-8-14)19(27)28-2/h3-10,16H,11H2,1-2H3,(H,22,26). The predicted octanol–water partition coefficient (Wildman–Crippen LogP) is 3.67. The lowest BCUT2D eigenvalue weighted by molar-refractivity contribution is -0.128. The third-order valence-corrected chi connectivity index (χ3v) is 6.15. The summed E-state index contributed by atoms with van der Waals surface area (Å²) in [4.78, 5) is 42.5. The molecule has 1 unspecified atom stereocenters. The molecule has 0 aromatic heterocycles. The first-order valence-electron chi connectivity index (χ1n) is 8.64. The van der Waals surface area contributed by atoms with Crippen LogP contribution < -0.4 is 5.32 Å². The maximum atomic E-state index is 12.7. The average Bonchev–Trinajstić information content (AvgIpc) is 2.72. The monoisotopic (exact) mass is 523 g/mol. The summed E-state index contributed by atoms with van der Waals surface area (Å²) < 4.78 is 5.74. The van der Waals surface area contributed by atoms with Gasteiger partial charge in [-0.2, -0.15) is 0 Å². The van der Waals surface area contributed by atoms with Crippen molar-refractivity contribution < 1.29 is 19.1 Å². The Morgan fingerprint density at radius 2 is 1.83 bits per heavy atom. The number of halogens is 1. The first-order chi connectivity index (χ1) is 13.9. The van der Waals surface area contributed by atoms with Crippen molar-refractivity contribution >= 4 is 68.7 Å². The van der Waals surface area contributed by atoms with E-state index in [4.69, 9.17) is 0 Å². The lowest BCUT2D eigenvalue weighted by Crippen LogP contribution is -2.43. The smallest absolute Gasteiger partial charge is 0.337 e. The van der Waals surface area contributed by atoms with Gasteiger partial charge in [0.05, 0.1) is 18.4 Å². The molecule has 1 aliphatic rings. The van der Waals surface area contributed by atoms with Crippen LogP contribution in [0, 0.1) is 3.57 Å². The minimum absolute atomic E-state index is 0.0823. The lowest BCUT2D eigenvalue weighted by Gasteiger charge is -2.28. The van der Waals surface area contributed by atoms with Crippen molar-refractivity contribution in [1.29, 1.82) is 0 Å². The van der Waals surface area contributed by atoms with Crippen LogP contribution in [0.3, 0.4) is 0 Å². The van der Waals surface area contributed by atoms with Crippen LogP contribution in [0.25, 0.3) is 0 Å². The zero-order valence-electron chi connectivity index (χ0n) is 15.7. The molecule has 2 amide bonds. The van der Waals surface area contributed by atoms with E-state index in [1.54, 1.807) is 31.3 Å². The van der Waals surface area contributed by atoms with E-state index in [9.17, 15) is 14.4 Å². The number of anilines is 1. The second-order valence-corrected chi connectivity index (χ2v) is 8.61. The van der Waals surface area contributed by atoms with Crippen molar-refractivity contribution in [2.45, 2.75) is 11.7 Å². The van der Waals surface area contributed by atoms with Crippen LogP contribution >= 0.6 is 34.4 Å². The zero-order valence-corrected chi connectivity index (χ0v) is 18.7. The topological polar surface area (TPSA) is 88.1 Å². The summed E-state index contributed by atoms with van der Waals surface area (Å²) in [5.41, 5.74) is 1.64. The van der Waals surface area contributed by atoms with Gasteiger partial charge in [0.15, 0.2) is 5.17 Å². The fourth-order valence-electron chi connectivity index (χ4n) is 2.55. The first-order valence-corrected chi connectivity index (χ1v) is 10.6. The van der Waals surface area contributed by atoms with Gasteiger partial charge in [-0.3, -0.25) is 14.5 Å². The minimum atomic E-state index is -0.596. The summed E-state index contributed by atoms with van der Waals surface area (Å²) in [6.45, 7) is 0. The second kappa shape index (κ2) is 9.40. The second-order valence-electron chi connectivity index (χ2n) is 6.19. The molecule has 1 atom stereocenters. The number of amidine groups is 1. The van der Waals surface area contributed by atoms with Gasteiger partial charge in [-0.15, -0.1) is 0 Å². The number of amides is 2. The van der Waals surface area contributed by atoms with E-state index in [-0.39, 0.29) is 18.2 Å². The average molecular weight is 523 g/mol. The van der Waals surface area contributed by atoms with Crippen LogP contribution in [0.4, 0.5) is 11.4 Å². The summed E-state index contributed by atoms with van der Waals surface area (Å²) >= 11 is 3.46. The maximum Gasteiger partial charge on any atom is 0.337 e. The Morgan fingerprint density at radius 1 is 1.17 bits per heavy atom. The van der Waals surface area contributed by atoms with E-state index in [1.165, 1.54) is 23.8 Å². The molecule has 0 bridgehead atoms. The largest absolute Gasteiger partial charge is 0.465 e. The van der Waals surface area contributed by atoms with Gasteiger partial charge in [-0.05, 0) is 71.1 Å². The first kappa shape index (κ1) is 21.3. The summed E-state index contributed by atoms with van der Waals surface area (Å²) in [7, 11) is 2.96. The molecule has 150 valence electrons. The number of carbonyl (C=O) groups excluding carboxylic acids is 3. The highest BCUT2D eigenvalue weighted by Gasteiger charge is 2.34. The highest BCUT2D eigenvalue weighted by molar-refractivity contribution is 14.1. The molecule has 1 aliphatic heterocycles. The minimum Gasteiger partial charge on any atom is -0.465 e. The van der Waals surface area contributed by atoms with Gasteiger partial charge < -0.3 is 10.1 Å². The van der Waals surface area contributed by atoms with Gasteiger partial charge in [-0.25, -0.2) is 9.79 Å². The van der Waals surface area contributed by atoms with Crippen LogP contribution in [0.5, 0.6) is 0 Å². The zero-order chi connectivity index (χ0) is 21.0. The summed E-state index contributed by atoms with van der Waals surface area (Å²) in [5, 5.41) is 2.66. The molecule has 0 aliphatic carbocycles. The number of aliphatic imine (C=N–C) groups is 1. The number of carbonyl (C=O) groups is 3. The Hall–Kier alpha value is -2.40. The molecule has 9 heteroatoms. The number of ether oxygens (including phenoxy) is 1. The van der Waals surface area contributed by atoms with Gasteiger partial charge in [0.1, 0.15) is 5.25 Å². The molecule has 1 fully saturated rings. The Morgan fingerprint density at radius 3 is 2.45 bits per heavy atom. The molecule has 0 radical (unpaired) electrons. The predicted molar refractivity (Wildman–Crippen MR) is 121 cm³/mol. The molecular weight excluding hydrogens is 505 g/mol. The Bertz CT molecular complexity index is 961. The number of rotatable bonds is 4. The maximum absolute atomic E-state index is 12.7. The molecule has 2 aromatic rings. The SMILES string of the molecule is COC(=O)c1ccc(NC(=O)C2CC(=O)N(C)C(=Nc3ccc(I)cc3)S2)cc1. The number of hydrogen-bond donors (Lipinski definition) is 1. The Kier molecular flexibility index (Phi) is 6.91. The number of nitrogens with one attached hydrogen (secondary N) is 1. The molecule has 1 N–H and O–H groups in total. The molecular formula is C20H18IN3O4S. The van der Waals surface area contributed by atoms with E-state index in [0.717, 1.165) is 3.57 Å². The third kappa shape index (κ3) is 5.36. The van der Waals surface area contributed by atoms with E-state index in [0.29, 0.717) is 22.1 Å². The van der Waals surface area contributed by atoms with Gasteiger partial charge in [-0.1, -0.05) is 11.8 Å². The number of hydrogen-bond acceptors (Lipinski definition) is 6. The number of nitrogens with zero attached hydrogens (tertiary/aromatic N) is 2. The van der Waals surface area contributed by atoms with Crippen LogP contribution in [-0.4, -0.2) is 47.3 Å². The van der Waals surface area contributed by atoms with E-state index in [1.807, 2.05) is 24.3 Å². The van der Waals surface area contributed by atoms with Gasteiger partial charge in [0, 0.05) is 22.7 Å². The Balaban J connectivity index is 1.72. The summed E-state index contributed by atoms with van der Waals surface area (Å²) in [6, 6.07) is 13.9. The summed E-state index contributed by atoms with van der Waals surface area (Å²) in [6.07, 6.45) is 0.0823. The molecule has 0 spiro atoms. The number of methoxy groups -OCH3 is 1. The fraction of sp³-hybridized carbons (Fsp3) is 0.200. The van der Waals surface area contributed by atoms with E-state index in [2.05, 4.69) is 37.6 Å². The quantitative estimate of drug-likeness (QED) is 0.488. The highest BCUT2D eigenvalue weighted by Crippen LogP contribution is 2.29.